The van der Waals surface area contributed by atoms with Gasteiger partial charge in [-0.15, -0.1) is 0 Å². The fourth-order valence-corrected chi connectivity index (χ4v) is 4.91. The average Bonchev–Trinajstić information content (AvgIpc) is 2.77. The minimum absolute atomic E-state index is 0.946. The SMILES string of the molecule is CCCCCCCCCCCCCCCCC(C)CCCCCCCCCC(C)CC. The predicted molar refractivity (Wildman–Crippen MR) is 145 cm³/mol. The van der Waals surface area contributed by atoms with Crippen molar-refractivity contribution < 1.29 is 0 Å². The lowest BCUT2D eigenvalue weighted by Crippen LogP contribution is -1.95. The highest BCUT2D eigenvalue weighted by atomic mass is 14.1. The molecule has 0 radical (unpaired) electrons. The molecule has 188 valence electrons. The van der Waals surface area contributed by atoms with Gasteiger partial charge >= 0.3 is 0 Å². The van der Waals surface area contributed by atoms with Crippen LogP contribution in [0, 0.1) is 11.8 Å². The zero-order chi connectivity index (χ0) is 22.8. The molecule has 31 heavy (non-hydrogen) atoms. The predicted octanol–water partition coefficient (Wildman–Crippen LogP) is 12.1. The summed E-state index contributed by atoms with van der Waals surface area (Å²) < 4.78 is 0. The summed E-state index contributed by atoms with van der Waals surface area (Å²) in [7, 11) is 0. The summed E-state index contributed by atoms with van der Waals surface area (Å²) >= 11 is 0. The van der Waals surface area contributed by atoms with Crippen LogP contribution in [0.1, 0.15) is 188 Å². The van der Waals surface area contributed by atoms with Crippen LogP contribution in [0.3, 0.4) is 0 Å². The van der Waals surface area contributed by atoms with Gasteiger partial charge in [0.1, 0.15) is 0 Å². The summed E-state index contributed by atoms with van der Waals surface area (Å²) in [5.41, 5.74) is 0. The van der Waals surface area contributed by atoms with Gasteiger partial charge < -0.3 is 0 Å². The molecule has 0 N–H and O–H groups in total. The maximum Gasteiger partial charge on any atom is -0.0443 e. The van der Waals surface area contributed by atoms with Crippen molar-refractivity contribution in [2.24, 2.45) is 11.8 Å². The first-order chi connectivity index (χ1) is 15.2. The van der Waals surface area contributed by atoms with E-state index in [1.54, 1.807) is 0 Å². The molecule has 0 saturated heterocycles. The van der Waals surface area contributed by atoms with Gasteiger partial charge in [0, 0.05) is 0 Å². The fourth-order valence-electron chi connectivity index (χ4n) is 4.91. The second-order valence-electron chi connectivity index (χ2n) is 11.1. The monoisotopic (exact) mass is 437 g/mol. The van der Waals surface area contributed by atoms with Crippen molar-refractivity contribution in [1.82, 2.24) is 0 Å². The van der Waals surface area contributed by atoms with Crippen LogP contribution in [0.5, 0.6) is 0 Å². The van der Waals surface area contributed by atoms with E-state index in [1.807, 2.05) is 0 Å². The van der Waals surface area contributed by atoms with Gasteiger partial charge in [0.15, 0.2) is 0 Å². The Morgan fingerprint density at radius 2 is 0.581 bits per heavy atom. The smallest absolute Gasteiger partial charge is 0.0443 e. The molecule has 0 amide bonds. The normalized spacial score (nSPS) is 13.5. The van der Waals surface area contributed by atoms with Crippen molar-refractivity contribution in [1.29, 1.82) is 0 Å². The molecule has 0 saturated carbocycles. The molecular weight excluding hydrogens is 372 g/mol. The summed E-state index contributed by atoms with van der Waals surface area (Å²) in [4.78, 5) is 0. The van der Waals surface area contributed by atoms with Gasteiger partial charge in [0.25, 0.3) is 0 Å². The van der Waals surface area contributed by atoms with Crippen LogP contribution in [0.15, 0.2) is 0 Å². The first-order valence-corrected chi connectivity index (χ1v) is 15.2. The minimum atomic E-state index is 0.946. The van der Waals surface area contributed by atoms with E-state index in [1.165, 1.54) is 161 Å². The van der Waals surface area contributed by atoms with Gasteiger partial charge in [-0.2, -0.15) is 0 Å². The van der Waals surface area contributed by atoms with Gasteiger partial charge in [-0.05, 0) is 11.8 Å². The average molecular weight is 437 g/mol. The van der Waals surface area contributed by atoms with Crippen LogP contribution in [-0.4, -0.2) is 0 Å². The first-order valence-electron chi connectivity index (χ1n) is 15.2. The summed E-state index contributed by atoms with van der Waals surface area (Å²) in [6, 6.07) is 0. The molecule has 2 unspecified atom stereocenters. The number of hydrogen-bond donors (Lipinski definition) is 0. The van der Waals surface area contributed by atoms with Crippen molar-refractivity contribution in [3.05, 3.63) is 0 Å². The second kappa shape index (κ2) is 26.3. The third-order valence-corrected chi connectivity index (χ3v) is 7.64. The molecule has 0 aromatic rings. The fraction of sp³-hybridized carbons (Fsp3) is 1.00. The maximum absolute atomic E-state index is 2.50. The highest BCUT2D eigenvalue weighted by Gasteiger charge is 2.03. The lowest BCUT2D eigenvalue weighted by Gasteiger charge is -2.11. The minimum Gasteiger partial charge on any atom is -0.0654 e. The summed E-state index contributed by atoms with van der Waals surface area (Å²) in [5, 5.41) is 0. The summed E-state index contributed by atoms with van der Waals surface area (Å²) in [6.07, 6.45) is 36.7. The molecule has 0 rings (SSSR count). The van der Waals surface area contributed by atoms with Crippen LogP contribution in [0.2, 0.25) is 0 Å². The van der Waals surface area contributed by atoms with Crippen molar-refractivity contribution in [3.63, 3.8) is 0 Å². The molecule has 0 bridgehead atoms. The zero-order valence-corrected chi connectivity index (χ0v) is 22.8. The molecule has 0 aliphatic carbocycles. The lowest BCUT2D eigenvalue weighted by molar-refractivity contribution is 0.428. The quantitative estimate of drug-likeness (QED) is 0.118. The summed E-state index contributed by atoms with van der Waals surface area (Å²) in [5.74, 6) is 1.91. The molecule has 0 nitrogen and oxygen atoms in total. The molecule has 0 heterocycles. The number of rotatable bonds is 26. The Kier molecular flexibility index (Phi) is 26.3. The van der Waals surface area contributed by atoms with E-state index >= 15 is 0 Å². The van der Waals surface area contributed by atoms with Gasteiger partial charge in [0.05, 0.1) is 0 Å². The van der Waals surface area contributed by atoms with Gasteiger partial charge in [-0.3, -0.25) is 0 Å². The Hall–Kier alpha value is 0. The van der Waals surface area contributed by atoms with E-state index < -0.39 is 0 Å². The third kappa shape index (κ3) is 26.1. The second-order valence-corrected chi connectivity index (χ2v) is 11.1. The number of hydrogen-bond acceptors (Lipinski definition) is 0. The van der Waals surface area contributed by atoms with E-state index in [9.17, 15) is 0 Å². The van der Waals surface area contributed by atoms with Crippen molar-refractivity contribution in [3.8, 4) is 0 Å². The number of unbranched alkanes of at least 4 members (excludes halogenated alkanes) is 19. The van der Waals surface area contributed by atoms with Crippen molar-refractivity contribution >= 4 is 0 Å². The molecule has 0 aromatic carbocycles. The summed E-state index contributed by atoms with van der Waals surface area (Å²) in [6.45, 7) is 9.53. The molecule has 0 aromatic heterocycles. The van der Waals surface area contributed by atoms with E-state index in [4.69, 9.17) is 0 Å². The third-order valence-electron chi connectivity index (χ3n) is 7.64. The first kappa shape index (κ1) is 31.0. The molecular formula is C31H64. The van der Waals surface area contributed by atoms with Crippen molar-refractivity contribution in [2.75, 3.05) is 0 Å². The van der Waals surface area contributed by atoms with Crippen molar-refractivity contribution in [2.45, 2.75) is 188 Å². The molecule has 0 aliphatic heterocycles. The van der Waals surface area contributed by atoms with Crippen LogP contribution in [-0.2, 0) is 0 Å². The van der Waals surface area contributed by atoms with Crippen LogP contribution in [0.25, 0.3) is 0 Å². The van der Waals surface area contributed by atoms with Gasteiger partial charge in [-0.1, -0.05) is 188 Å². The highest BCUT2D eigenvalue weighted by molar-refractivity contribution is 4.57. The lowest BCUT2D eigenvalue weighted by atomic mass is 9.95. The molecule has 0 aliphatic rings. The van der Waals surface area contributed by atoms with E-state index in [0.29, 0.717) is 0 Å². The standard InChI is InChI=1S/C31H64/c1-5-7-8-9-10-11-12-13-14-15-16-18-22-25-28-31(4)29-26-23-20-17-19-21-24-27-30(3)6-2/h30-31H,5-29H2,1-4H3. The largest absolute Gasteiger partial charge is 0.0654 e. The van der Waals surface area contributed by atoms with Crippen LogP contribution >= 0.6 is 0 Å². The topological polar surface area (TPSA) is 0 Å². The van der Waals surface area contributed by atoms with Crippen LogP contribution in [0.4, 0.5) is 0 Å². The molecule has 0 heteroatoms. The Morgan fingerprint density at radius 3 is 0.871 bits per heavy atom. The Balaban J connectivity index is 3.16. The molecule has 0 spiro atoms. The Morgan fingerprint density at radius 1 is 0.323 bits per heavy atom. The van der Waals surface area contributed by atoms with Gasteiger partial charge in [0.2, 0.25) is 0 Å². The molecule has 2 atom stereocenters. The van der Waals surface area contributed by atoms with E-state index in [-0.39, 0.29) is 0 Å². The van der Waals surface area contributed by atoms with Gasteiger partial charge in [-0.25, -0.2) is 0 Å². The zero-order valence-electron chi connectivity index (χ0n) is 22.8. The Labute approximate surface area is 200 Å². The Bertz CT molecular complexity index is 307. The molecule has 0 fully saturated rings. The van der Waals surface area contributed by atoms with Crippen LogP contribution < -0.4 is 0 Å². The van der Waals surface area contributed by atoms with E-state index in [2.05, 4.69) is 27.7 Å². The highest BCUT2D eigenvalue weighted by Crippen LogP contribution is 2.20. The maximum atomic E-state index is 2.50. The van der Waals surface area contributed by atoms with E-state index in [0.717, 1.165) is 11.8 Å².